The fraction of sp³-hybridized carbons (Fsp3) is 0.375. The number of halogens is 2. The molecule has 1 aliphatic rings. The average molecular weight is 342 g/mol. The standard InChI is InChI=1S/C16H17Cl2NO3/c1-10(22-16(21)11-5-3-2-4-6-11)15(20)19-14-8-12(17)7-13(18)9-14/h2-3,7-11H,4-6H2,1H3,(H,19,20)/t10-,11-/m1/s1. The second-order valence-electron chi connectivity index (χ2n) is 5.21. The molecule has 1 aliphatic carbocycles. The van der Waals surface area contributed by atoms with Gasteiger partial charge in [-0.1, -0.05) is 35.4 Å². The fourth-order valence-electron chi connectivity index (χ4n) is 2.20. The Balaban J connectivity index is 1.91. The number of amides is 1. The number of hydrogen-bond donors (Lipinski definition) is 1. The molecule has 0 bridgehead atoms. The van der Waals surface area contributed by atoms with Gasteiger partial charge in [-0.25, -0.2) is 0 Å². The van der Waals surface area contributed by atoms with Gasteiger partial charge in [-0.05, 0) is 44.4 Å². The summed E-state index contributed by atoms with van der Waals surface area (Å²) in [4.78, 5) is 24.1. The van der Waals surface area contributed by atoms with Crippen molar-refractivity contribution in [2.45, 2.75) is 32.3 Å². The molecule has 0 radical (unpaired) electrons. The van der Waals surface area contributed by atoms with Crippen molar-refractivity contribution in [2.24, 2.45) is 5.92 Å². The third kappa shape index (κ3) is 4.75. The van der Waals surface area contributed by atoms with Crippen LogP contribution in [0.15, 0.2) is 30.4 Å². The molecule has 0 aromatic heterocycles. The van der Waals surface area contributed by atoms with Gasteiger partial charge in [0, 0.05) is 15.7 Å². The monoisotopic (exact) mass is 341 g/mol. The first-order valence-corrected chi connectivity index (χ1v) is 7.84. The first kappa shape index (κ1) is 16.8. The van der Waals surface area contributed by atoms with Crippen molar-refractivity contribution in [3.63, 3.8) is 0 Å². The molecule has 22 heavy (non-hydrogen) atoms. The highest BCUT2D eigenvalue weighted by molar-refractivity contribution is 6.35. The highest BCUT2D eigenvalue weighted by Crippen LogP contribution is 2.23. The van der Waals surface area contributed by atoms with Crippen molar-refractivity contribution in [1.82, 2.24) is 0 Å². The van der Waals surface area contributed by atoms with Gasteiger partial charge in [-0.2, -0.15) is 0 Å². The molecule has 0 saturated heterocycles. The fourth-order valence-corrected chi connectivity index (χ4v) is 2.73. The second-order valence-corrected chi connectivity index (χ2v) is 6.08. The first-order valence-electron chi connectivity index (χ1n) is 7.08. The molecule has 6 heteroatoms. The van der Waals surface area contributed by atoms with Crippen LogP contribution in [0, 0.1) is 5.92 Å². The number of rotatable bonds is 4. The predicted octanol–water partition coefficient (Wildman–Crippen LogP) is 4.22. The molecule has 0 fully saturated rings. The summed E-state index contributed by atoms with van der Waals surface area (Å²) in [6, 6.07) is 4.72. The smallest absolute Gasteiger partial charge is 0.310 e. The minimum absolute atomic E-state index is 0.166. The number of esters is 1. The Morgan fingerprint density at radius 3 is 2.50 bits per heavy atom. The lowest BCUT2D eigenvalue weighted by Gasteiger charge is -2.19. The number of benzene rings is 1. The summed E-state index contributed by atoms with van der Waals surface area (Å²) in [5.74, 6) is -0.921. The number of carbonyl (C=O) groups is 2. The number of nitrogens with one attached hydrogen (secondary N) is 1. The summed E-state index contributed by atoms with van der Waals surface area (Å²) in [5, 5.41) is 3.47. The Kier molecular flexibility index (Phi) is 5.86. The number of allylic oxidation sites excluding steroid dienone is 2. The molecule has 0 unspecified atom stereocenters. The third-order valence-corrected chi connectivity index (χ3v) is 3.83. The molecule has 1 amide bonds. The zero-order chi connectivity index (χ0) is 16.1. The Bertz CT molecular complexity index is 581. The molecule has 0 spiro atoms. The van der Waals surface area contributed by atoms with Crippen molar-refractivity contribution in [3.05, 3.63) is 40.4 Å². The summed E-state index contributed by atoms with van der Waals surface area (Å²) in [7, 11) is 0. The van der Waals surface area contributed by atoms with Gasteiger partial charge in [-0.3, -0.25) is 9.59 Å². The predicted molar refractivity (Wildman–Crippen MR) is 87.1 cm³/mol. The topological polar surface area (TPSA) is 55.4 Å². The Labute approximate surface area is 139 Å². The SMILES string of the molecule is C[C@@H](OC(=O)[C@@H]1CC=CCC1)C(=O)Nc1cc(Cl)cc(Cl)c1. The van der Waals surface area contributed by atoms with E-state index in [2.05, 4.69) is 5.32 Å². The van der Waals surface area contributed by atoms with Crippen molar-refractivity contribution >= 4 is 40.8 Å². The van der Waals surface area contributed by atoms with E-state index in [4.69, 9.17) is 27.9 Å². The van der Waals surface area contributed by atoms with E-state index < -0.39 is 12.0 Å². The van der Waals surface area contributed by atoms with Gasteiger partial charge in [-0.15, -0.1) is 0 Å². The van der Waals surface area contributed by atoms with E-state index in [1.807, 2.05) is 12.2 Å². The van der Waals surface area contributed by atoms with Crippen LogP contribution in [0.2, 0.25) is 10.0 Å². The van der Waals surface area contributed by atoms with Gasteiger partial charge >= 0.3 is 5.97 Å². The minimum atomic E-state index is -0.879. The minimum Gasteiger partial charge on any atom is -0.452 e. The third-order valence-electron chi connectivity index (χ3n) is 3.39. The summed E-state index contributed by atoms with van der Waals surface area (Å²) in [5.41, 5.74) is 0.464. The zero-order valence-electron chi connectivity index (χ0n) is 12.1. The lowest BCUT2D eigenvalue weighted by molar-refractivity contribution is -0.157. The molecule has 1 N–H and O–H groups in total. The normalized spacial score (nSPS) is 18.6. The van der Waals surface area contributed by atoms with E-state index in [1.54, 1.807) is 18.2 Å². The van der Waals surface area contributed by atoms with Gasteiger partial charge in [0.2, 0.25) is 0 Å². The zero-order valence-corrected chi connectivity index (χ0v) is 13.7. The number of anilines is 1. The van der Waals surface area contributed by atoms with E-state index in [9.17, 15) is 9.59 Å². The number of carbonyl (C=O) groups excluding carboxylic acids is 2. The van der Waals surface area contributed by atoms with Gasteiger partial charge in [0.25, 0.3) is 5.91 Å². The molecule has 4 nitrogen and oxygen atoms in total. The highest BCUT2D eigenvalue weighted by atomic mass is 35.5. The van der Waals surface area contributed by atoms with E-state index in [0.717, 1.165) is 12.8 Å². The first-order chi connectivity index (χ1) is 10.5. The van der Waals surface area contributed by atoms with Crippen molar-refractivity contribution in [2.75, 3.05) is 5.32 Å². The molecule has 1 aromatic carbocycles. The molecule has 0 aliphatic heterocycles. The molecule has 1 aromatic rings. The molecule has 0 saturated carbocycles. The number of ether oxygens (including phenoxy) is 1. The highest BCUT2D eigenvalue weighted by Gasteiger charge is 2.25. The van der Waals surface area contributed by atoms with Crippen LogP contribution in [-0.4, -0.2) is 18.0 Å². The van der Waals surface area contributed by atoms with Crippen LogP contribution in [0.1, 0.15) is 26.2 Å². The summed E-state index contributed by atoms with van der Waals surface area (Å²) >= 11 is 11.7. The van der Waals surface area contributed by atoms with Crippen LogP contribution >= 0.6 is 23.2 Å². The summed E-state index contributed by atoms with van der Waals surface area (Å²) in [6.45, 7) is 1.54. The maximum absolute atomic E-state index is 12.1. The lowest BCUT2D eigenvalue weighted by Crippen LogP contribution is -2.32. The van der Waals surface area contributed by atoms with Crippen molar-refractivity contribution in [3.8, 4) is 0 Å². The van der Waals surface area contributed by atoms with E-state index in [1.165, 1.54) is 6.92 Å². The van der Waals surface area contributed by atoms with Crippen molar-refractivity contribution < 1.29 is 14.3 Å². The maximum Gasteiger partial charge on any atom is 0.310 e. The Morgan fingerprint density at radius 1 is 1.23 bits per heavy atom. The van der Waals surface area contributed by atoms with Crippen LogP contribution in [0.3, 0.4) is 0 Å². The van der Waals surface area contributed by atoms with Crippen LogP contribution < -0.4 is 5.32 Å². The molecular formula is C16H17Cl2NO3. The van der Waals surface area contributed by atoms with Crippen molar-refractivity contribution in [1.29, 1.82) is 0 Å². The molecule has 0 heterocycles. The lowest BCUT2D eigenvalue weighted by atomic mass is 9.95. The van der Waals surface area contributed by atoms with Crippen LogP contribution in [-0.2, 0) is 14.3 Å². The molecule has 118 valence electrons. The van der Waals surface area contributed by atoms with E-state index in [-0.39, 0.29) is 11.9 Å². The number of hydrogen-bond acceptors (Lipinski definition) is 3. The van der Waals surface area contributed by atoms with Crippen LogP contribution in [0.5, 0.6) is 0 Å². The van der Waals surface area contributed by atoms with Gasteiger partial charge in [0.05, 0.1) is 5.92 Å². The Hall–Kier alpha value is -1.52. The second kappa shape index (κ2) is 7.65. The molecular weight excluding hydrogens is 325 g/mol. The van der Waals surface area contributed by atoms with Gasteiger partial charge in [0.15, 0.2) is 6.10 Å². The summed E-state index contributed by atoms with van der Waals surface area (Å²) < 4.78 is 5.23. The molecule has 2 atom stereocenters. The van der Waals surface area contributed by atoms with Gasteiger partial charge < -0.3 is 10.1 Å². The quantitative estimate of drug-likeness (QED) is 0.658. The summed E-state index contributed by atoms with van der Waals surface area (Å²) in [6.07, 6.45) is 5.42. The average Bonchev–Trinajstić information content (AvgIpc) is 2.46. The van der Waals surface area contributed by atoms with E-state index in [0.29, 0.717) is 22.2 Å². The molecule has 2 rings (SSSR count). The maximum atomic E-state index is 12.1. The van der Waals surface area contributed by atoms with Crippen LogP contribution in [0.4, 0.5) is 5.69 Å². The Morgan fingerprint density at radius 2 is 1.91 bits per heavy atom. The van der Waals surface area contributed by atoms with Crippen LogP contribution in [0.25, 0.3) is 0 Å². The van der Waals surface area contributed by atoms with Gasteiger partial charge in [0.1, 0.15) is 0 Å². The van der Waals surface area contributed by atoms with E-state index >= 15 is 0 Å². The largest absolute Gasteiger partial charge is 0.452 e.